The fourth-order valence-electron chi connectivity index (χ4n) is 2.30. The summed E-state index contributed by atoms with van der Waals surface area (Å²) in [6.45, 7) is 2.99. The largest absolute Gasteiger partial charge is 0.478 e. The topological polar surface area (TPSA) is 66.4 Å². The minimum absolute atomic E-state index is 0.0137. The van der Waals surface area contributed by atoms with Crippen LogP contribution in [0.3, 0.4) is 0 Å². The van der Waals surface area contributed by atoms with Gasteiger partial charge in [-0.2, -0.15) is 0 Å². The van der Waals surface area contributed by atoms with Gasteiger partial charge in [0.25, 0.3) is 0 Å². The Hall–Kier alpha value is -2.10. The molecule has 1 atom stereocenters. The Morgan fingerprint density at radius 3 is 2.58 bits per heavy atom. The number of carboxylic acids is 1. The van der Waals surface area contributed by atoms with Crippen molar-refractivity contribution in [3.05, 3.63) is 46.5 Å². The summed E-state index contributed by atoms with van der Waals surface area (Å²) in [5, 5.41) is 11.8. The predicted octanol–water partition coefficient (Wildman–Crippen LogP) is 2.21. The Morgan fingerprint density at radius 1 is 1.21 bits per heavy atom. The van der Waals surface area contributed by atoms with Gasteiger partial charge >= 0.3 is 5.97 Å². The third kappa shape index (κ3) is 2.67. The fraction of sp³-hybridized carbons (Fsp3) is 0.333. The highest BCUT2D eigenvalue weighted by Gasteiger charge is 2.24. The molecule has 1 aliphatic rings. The Balaban J connectivity index is 2.14. The van der Waals surface area contributed by atoms with Crippen molar-refractivity contribution in [2.75, 3.05) is 0 Å². The van der Waals surface area contributed by atoms with Gasteiger partial charge in [0.05, 0.1) is 6.04 Å². The molecule has 2 N–H and O–H groups in total. The van der Waals surface area contributed by atoms with E-state index in [-0.39, 0.29) is 23.1 Å². The Kier molecular flexibility index (Phi) is 3.69. The number of carbonyl (C=O) groups excluding carboxylic acids is 1. The van der Waals surface area contributed by atoms with Crippen LogP contribution in [0, 0.1) is 0 Å². The summed E-state index contributed by atoms with van der Waals surface area (Å²) < 4.78 is 0. The van der Waals surface area contributed by atoms with Crippen molar-refractivity contribution in [2.24, 2.45) is 0 Å². The summed E-state index contributed by atoms with van der Waals surface area (Å²) in [4.78, 5) is 22.9. The van der Waals surface area contributed by atoms with Gasteiger partial charge in [0.1, 0.15) is 0 Å². The molecule has 1 aromatic rings. The van der Waals surface area contributed by atoms with Crippen LogP contribution in [0.15, 0.2) is 35.4 Å². The number of rotatable bonds is 3. The lowest BCUT2D eigenvalue weighted by Gasteiger charge is -2.15. The second-order valence-electron chi connectivity index (χ2n) is 4.82. The molecule has 4 heteroatoms. The molecule has 1 amide bonds. The molecule has 0 radical (unpaired) electrons. The molecule has 1 unspecified atom stereocenters. The van der Waals surface area contributed by atoms with Gasteiger partial charge < -0.3 is 10.4 Å². The number of nitrogens with one attached hydrogen (secondary N) is 1. The van der Waals surface area contributed by atoms with E-state index in [1.807, 2.05) is 18.2 Å². The molecule has 0 aliphatic heterocycles. The first-order chi connectivity index (χ1) is 9.00. The second kappa shape index (κ2) is 5.26. The molecule has 0 aromatic heterocycles. The molecule has 100 valence electrons. The maximum absolute atomic E-state index is 12.0. The quantitative estimate of drug-likeness (QED) is 0.818. The summed E-state index contributed by atoms with van der Waals surface area (Å²) in [6, 6.07) is 8.00. The number of fused-ring (bicyclic) bond motifs is 1. The van der Waals surface area contributed by atoms with Gasteiger partial charge in [-0.15, -0.1) is 0 Å². The number of hydrogen-bond acceptors (Lipinski definition) is 2. The molecule has 0 spiro atoms. The number of amides is 1. The molecule has 4 nitrogen and oxygen atoms in total. The average Bonchev–Trinajstić information content (AvgIpc) is 2.80. The Bertz CT molecular complexity index is 560. The van der Waals surface area contributed by atoms with Crippen molar-refractivity contribution in [1.29, 1.82) is 0 Å². The van der Waals surface area contributed by atoms with Crippen molar-refractivity contribution >= 4 is 11.9 Å². The van der Waals surface area contributed by atoms with Crippen LogP contribution in [0.1, 0.15) is 37.4 Å². The van der Waals surface area contributed by atoms with Crippen LogP contribution in [-0.4, -0.2) is 17.0 Å². The molecule has 19 heavy (non-hydrogen) atoms. The normalized spacial score (nSPS) is 18.5. The van der Waals surface area contributed by atoms with E-state index in [0.717, 1.165) is 18.4 Å². The molecule has 0 saturated heterocycles. The van der Waals surface area contributed by atoms with Crippen molar-refractivity contribution in [3.63, 3.8) is 0 Å². The van der Waals surface area contributed by atoms with Crippen LogP contribution in [0.5, 0.6) is 0 Å². The number of carbonyl (C=O) groups is 2. The fourth-order valence-corrected chi connectivity index (χ4v) is 2.30. The van der Waals surface area contributed by atoms with Gasteiger partial charge in [-0.05, 0) is 37.8 Å². The van der Waals surface area contributed by atoms with Crippen molar-refractivity contribution < 1.29 is 14.7 Å². The first-order valence-electron chi connectivity index (χ1n) is 6.30. The van der Waals surface area contributed by atoms with Gasteiger partial charge in [-0.3, -0.25) is 4.79 Å². The van der Waals surface area contributed by atoms with Crippen molar-refractivity contribution in [3.8, 4) is 0 Å². The lowest BCUT2D eigenvalue weighted by molar-refractivity contribution is -0.133. The van der Waals surface area contributed by atoms with E-state index in [1.54, 1.807) is 6.92 Å². The van der Waals surface area contributed by atoms with Gasteiger partial charge in [0, 0.05) is 11.1 Å². The van der Waals surface area contributed by atoms with E-state index >= 15 is 0 Å². The van der Waals surface area contributed by atoms with E-state index in [4.69, 9.17) is 5.11 Å². The summed E-state index contributed by atoms with van der Waals surface area (Å²) in [7, 11) is 0. The average molecular weight is 259 g/mol. The third-order valence-electron chi connectivity index (χ3n) is 3.66. The van der Waals surface area contributed by atoms with E-state index in [2.05, 4.69) is 11.4 Å². The molecule has 0 bridgehead atoms. The lowest BCUT2D eigenvalue weighted by Crippen LogP contribution is -2.28. The van der Waals surface area contributed by atoms with Crippen LogP contribution in [0.2, 0.25) is 0 Å². The van der Waals surface area contributed by atoms with Gasteiger partial charge in [0.2, 0.25) is 5.91 Å². The van der Waals surface area contributed by atoms with Crippen LogP contribution in [-0.2, 0) is 16.0 Å². The van der Waals surface area contributed by atoms with E-state index in [1.165, 1.54) is 12.5 Å². The van der Waals surface area contributed by atoms with Crippen LogP contribution in [0.4, 0.5) is 0 Å². The third-order valence-corrected chi connectivity index (χ3v) is 3.66. The Labute approximate surface area is 112 Å². The van der Waals surface area contributed by atoms with Crippen LogP contribution < -0.4 is 5.32 Å². The molecule has 1 aromatic carbocycles. The maximum atomic E-state index is 12.0. The number of aryl methyl sites for hydroxylation is 1. The number of carboxylic acid groups (broad SMARTS) is 1. The van der Waals surface area contributed by atoms with Crippen molar-refractivity contribution in [1.82, 2.24) is 5.32 Å². The molecule has 2 rings (SSSR count). The SMILES string of the molecule is C/C(C(=O)O)=C(\C)C(=O)NC1CCc2ccccc21. The van der Waals surface area contributed by atoms with Gasteiger partial charge in [0.15, 0.2) is 0 Å². The lowest BCUT2D eigenvalue weighted by atomic mass is 10.1. The number of aliphatic carboxylic acids is 1. The zero-order chi connectivity index (χ0) is 14.0. The highest BCUT2D eigenvalue weighted by Crippen LogP contribution is 2.30. The summed E-state index contributed by atoms with van der Waals surface area (Å²) in [5.74, 6) is -1.36. The zero-order valence-corrected chi connectivity index (χ0v) is 11.1. The number of hydrogen-bond donors (Lipinski definition) is 2. The molecule has 0 fully saturated rings. The first-order valence-corrected chi connectivity index (χ1v) is 6.30. The minimum atomic E-state index is -1.06. The smallest absolute Gasteiger partial charge is 0.331 e. The van der Waals surface area contributed by atoms with Gasteiger partial charge in [-0.1, -0.05) is 24.3 Å². The zero-order valence-electron chi connectivity index (χ0n) is 11.1. The minimum Gasteiger partial charge on any atom is -0.478 e. The molecule has 0 saturated carbocycles. The summed E-state index contributed by atoms with van der Waals surface area (Å²) in [5.41, 5.74) is 2.74. The Morgan fingerprint density at radius 2 is 1.89 bits per heavy atom. The molecular weight excluding hydrogens is 242 g/mol. The molecule has 0 heterocycles. The predicted molar refractivity (Wildman–Crippen MR) is 71.7 cm³/mol. The second-order valence-corrected chi connectivity index (χ2v) is 4.82. The number of benzene rings is 1. The first kappa shape index (κ1) is 13.3. The van der Waals surface area contributed by atoms with E-state index in [0.29, 0.717) is 0 Å². The molecular formula is C15H17NO3. The standard InChI is InChI=1S/C15H17NO3/c1-9(10(2)15(18)19)14(17)16-13-8-7-11-5-3-4-6-12(11)13/h3-6,13H,7-8H2,1-2H3,(H,16,17)(H,18,19)/b10-9-. The van der Waals surface area contributed by atoms with Gasteiger partial charge in [-0.25, -0.2) is 4.79 Å². The van der Waals surface area contributed by atoms with Crippen molar-refractivity contribution in [2.45, 2.75) is 32.7 Å². The van der Waals surface area contributed by atoms with E-state index < -0.39 is 5.97 Å². The van der Waals surface area contributed by atoms with Crippen LogP contribution in [0.25, 0.3) is 0 Å². The maximum Gasteiger partial charge on any atom is 0.331 e. The molecule has 1 aliphatic carbocycles. The van der Waals surface area contributed by atoms with E-state index in [9.17, 15) is 9.59 Å². The summed E-state index contributed by atoms with van der Waals surface area (Å²) >= 11 is 0. The monoisotopic (exact) mass is 259 g/mol. The highest BCUT2D eigenvalue weighted by molar-refractivity contribution is 6.01. The van der Waals surface area contributed by atoms with Crippen LogP contribution >= 0.6 is 0 Å². The highest BCUT2D eigenvalue weighted by atomic mass is 16.4. The summed E-state index contributed by atoms with van der Waals surface area (Å²) in [6.07, 6.45) is 1.81.